The van der Waals surface area contributed by atoms with Gasteiger partial charge in [0.25, 0.3) is 0 Å². The van der Waals surface area contributed by atoms with E-state index in [9.17, 15) is 25.2 Å². The van der Waals surface area contributed by atoms with E-state index in [-0.39, 0.29) is 0 Å². The van der Waals surface area contributed by atoms with E-state index in [2.05, 4.69) is 0 Å². The van der Waals surface area contributed by atoms with Crippen LogP contribution >= 0.6 is 0 Å². The Morgan fingerprint density at radius 2 is 1.71 bits per heavy atom. The van der Waals surface area contributed by atoms with E-state index in [0.717, 1.165) is 0 Å². The average Bonchev–Trinajstić information content (AvgIpc) is 2.50. The van der Waals surface area contributed by atoms with E-state index in [1.165, 1.54) is 0 Å². The summed E-state index contributed by atoms with van der Waals surface area (Å²) in [5.74, 6) is -0.978. The predicted octanol–water partition coefficient (Wildman–Crippen LogP) is -4.91. The molecular weight excluding hydrogens is 292 g/mol. The minimum Gasteiger partial charge on any atom is -0.394 e. The zero-order valence-corrected chi connectivity index (χ0v) is 11.0. The number of rotatable bonds is 7. The molecule has 1 unspecified atom stereocenters. The van der Waals surface area contributed by atoms with Gasteiger partial charge in [0.15, 0.2) is 12.1 Å². The molecule has 7 N–H and O–H groups in total. The first-order valence-corrected chi connectivity index (χ1v) is 6.25. The third-order valence-corrected chi connectivity index (χ3v) is 3.14. The molecule has 0 aromatic heterocycles. The molecule has 1 heterocycles. The molecule has 1 aliphatic heterocycles. The topological polar surface area (TPSA) is 177 Å². The summed E-state index contributed by atoms with van der Waals surface area (Å²) in [6.45, 7) is -2.53. The SMILES string of the molecule is O=C(CO)[C@H](OC1O[C@H](CO)[C@H](O)[C@H](O)[C@H]1O)[C@H](O)CO. The van der Waals surface area contributed by atoms with Crippen LogP contribution in [-0.2, 0) is 14.3 Å². The van der Waals surface area contributed by atoms with Crippen LogP contribution in [0.3, 0.4) is 0 Å². The first kappa shape index (κ1) is 18.4. The summed E-state index contributed by atoms with van der Waals surface area (Å²) in [5, 5.41) is 64.9. The molecule has 124 valence electrons. The number of aliphatic hydroxyl groups excluding tert-OH is 7. The van der Waals surface area contributed by atoms with Crippen molar-refractivity contribution in [1.29, 1.82) is 0 Å². The van der Waals surface area contributed by atoms with E-state index >= 15 is 0 Å². The lowest BCUT2D eigenvalue weighted by Crippen LogP contribution is -2.60. The lowest BCUT2D eigenvalue weighted by molar-refractivity contribution is -0.314. The highest BCUT2D eigenvalue weighted by Crippen LogP contribution is 2.23. The normalized spacial score (nSPS) is 36.2. The quantitative estimate of drug-likeness (QED) is 0.241. The summed E-state index contributed by atoms with van der Waals surface area (Å²) in [5.41, 5.74) is 0. The van der Waals surface area contributed by atoms with E-state index in [1.807, 2.05) is 0 Å². The highest BCUT2D eigenvalue weighted by molar-refractivity contribution is 5.84. The third-order valence-electron chi connectivity index (χ3n) is 3.14. The lowest BCUT2D eigenvalue weighted by Gasteiger charge is -2.40. The van der Waals surface area contributed by atoms with Crippen molar-refractivity contribution in [1.82, 2.24) is 0 Å². The highest BCUT2D eigenvalue weighted by Gasteiger charge is 2.46. The molecule has 0 aromatic carbocycles. The van der Waals surface area contributed by atoms with Crippen LogP contribution in [0.25, 0.3) is 0 Å². The number of ether oxygens (including phenoxy) is 2. The van der Waals surface area contributed by atoms with E-state index < -0.39 is 68.5 Å². The molecule has 0 spiro atoms. The molecular formula is C11H20O10. The van der Waals surface area contributed by atoms with E-state index in [0.29, 0.717) is 0 Å². The minimum absolute atomic E-state index is 0.689. The zero-order valence-electron chi connectivity index (χ0n) is 11.0. The maximum Gasteiger partial charge on any atom is 0.189 e. The van der Waals surface area contributed by atoms with Crippen molar-refractivity contribution in [3.63, 3.8) is 0 Å². The summed E-state index contributed by atoms with van der Waals surface area (Å²) in [6, 6.07) is 0. The summed E-state index contributed by atoms with van der Waals surface area (Å²) in [7, 11) is 0. The van der Waals surface area contributed by atoms with Crippen LogP contribution in [0.1, 0.15) is 0 Å². The minimum atomic E-state index is -1.76. The van der Waals surface area contributed by atoms with Crippen molar-refractivity contribution < 1.29 is 50.0 Å². The molecule has 0 saturated carbocycles. The Morgan fingerprint density at radius 1 is 1.10 bits per heavy atom. The van der Waals surface area contributed by atoms with Crippen LogP contribution in [-0.4, -0.2) is 104 Å². The van der Waals surface area contributed by atoms with Gasteiger partial charge in [-0.2, -0.15) is 0 Å². The van der Waals surface area contributed by atoms with Crippen molar-refractivity contribution in [2.24, 2.45) is 0 Å². The zero-order chi connectivity index (χ0) is 16.2. The van der Waals surface area contributed by atoms with Crippen molar-refractivity contribution in [3.05, 3.63) is 0 Å². The smallest absolute Gasteiger partial charge is 0.189 e. The van der Waals surface area contributed by atoms with Gasteiger partial charge in [-0.25, -0.2) is 0 Å². The largest absolute Gasteiger partial charge is 0.394 e. The first-order valence-electron chi connectivity index (χ1n) is 6.25. The molecule has 0 aliphatic carbocycles. The molecule has 1 fully saturated rings. The van der Waals surface area contributed by atoms with Gasteiger partial charge in [-0.05, 0) is 0 Å². The fourth-order valence-corrected chi connectivity index (χ4v) is 1.89. The number of Topliss-reactive ketones (excluding diaryl/α,β-unsaturated/α-hetero) is 1. The number of carbonyl (C=O) groups excluding carboxylic acids is 1. The fraction of sp³-hybridized carbons (Fsp3) is 0.909. The molecule has 21 heavy (non-hydrogen) atoms. The molecule has 1 aliphatic rings. The van der Waals surface area contributed by atoms with E-state index in [1.54, 1.807) is 0 Å². The van der Waals surface area contributed by atoms with Crippen molar-refractivity contribution in [2.75, 3.05) is 19.8 Å². The van der Waals surface area contributed by atoms with Gasteiger partial charge in [0.1, 0.15) is 43.2 Å². The number of ketones is 1. The van der Waals surface area contributed by atoms with Crippen LogP contribution in [0.4, 0.5) is 0 Å². The Balaban J connectivity index is 2.84. The second-order valence-corrected chi connectivity index (χ2v) is 4.63. The molecule has 0 aromatic rings. The average molecular weight is 312 g/mol. The van der Waals surface area contributed by atoms with Gasteiger partial charge >= 0.3 is 0 Å². The molecule has 0 amide bonds. The van der Waals surface area contributed by atoms with Gasteiger partial charge in [-0.3, -0.25) is 4.79 Å². The van der Waals surface area contributed by atoms with Crippen molar-refractivity contribution in [3.8, 4) is 0 Å². The number of carbonyl (C=O) groups is 1. The van der Waals surface area contributed by atoms with Crippen molar-refractivity contribution >= 4 is 5.78 Å². The first-order chi connectivity index (χ1) is 9.87. The third kappa shape index (κ3) is 4.16. The lowest BCUT2D eigenvalue weighted by atomic mass is 9.99. The van der Waals surface area contributed by atoms with Crippen molar-refractivity contribution in [2.45, 2.75) is 42.9 Å². The molecule has 10 nitrogen and oxygen atoms in total. The second-order valence-electron chi connectivity index (χ2n) is 4.63. The summed E-state index contributed by atoms with van der Waals surface area (Å²) in [4.78, 5) is 11.4. The van der Waals surface area contributed by atoms with Crippen LogP contribution in [0.5, 0.6) is 0 Å². The van der Waals surface area contributed by atoms with Gasteiger partial charge in [0, 0.05) is 0 Å². The van der Waals surface area contributed by atoms with Gasteiger partial charge in [0.2, 0.25) is 0 Å². The predicted molar refractivity (Wildman–Crippen MR) is 63.8 cm³/mol. The molecule has 1 rings (SSSR count). The Labute approximate surface area is 119 Å². The molecule has 0 bridgehead atoms. The van der Waals surface area contributed by atoms with Crippen LogP contribution < -0.4 is 0 Å². The maximum atomic E-state index is 11.4. The molecule has 0 radical (unpaired) electrons. The van der Waals surface area contributed by atoms with Gasteiger partial charge < -0.3 is 45.2 Å². The number of hydrogen-bond donors (Lipinski definition) is 7. The van der Waals surface area contributed by atoms with Crippen LogP contribution in [0.15, 0.2) is 0 Å². The standard InChI is InChI=1S/C11H20O10/c12-1-4(15)10(5(16)2-13)21-11-9(19)8(18)7(17)6(3-14)20-11/h4,6-15,17-19H,1-3H2/t4-,6-,7+,8+,9-,10-,11?/m1/s1. The molecule has 10 heteroatoms. The fourth-order valence-electron chi connectivity index (χ4n) is 1.89. The number of hydrogen-bond acceptors (Lipinski definition) is 10. The van der Waals surface area contributed by atoms with Gasteiger partial charge in [-0.1, -0.05) is 0 Å². The van der Waals surface area contributed by atoms with Gasteiger partial charge in [0.05, 0.1) is 13.2 Å². The Kier molecular flexibility index (Phi) is 7.06. The number of aliphatic hydroxyl groups is 7. The maximum absolute atomic E-state index is 11.4. The van der Waals surface area contributed by atoms with Crippen LogP contribution in [0.2, 0.25) is 0 Å². The molecule has 7 atom stereocenters. The van der Waals surface area contributed by atoms with Gasteiger partial charge in [-0.15, -0.1) is 0 Å². The Morgan fingerprint density at radius 3 is 2.19 bits per heavy atom. The Hall–Kier alpha value is -0.690. The summed E-state index contributed by atoms with van der Waals surface area (Å²) < 4.78 is 9.98. The van der Waals surface area contributed by atoms with Crippen LogP contribution in [0, 0.1) is 0 Å². The summed E-state index contributed by atoms with van der Waals surface area (Å²) >= 11 is 0. The second kappa shape index (κ2) is 8.08. The molecule has 1 saturated heterocycles. The monoisotopic (exact) mass is 312 g/mol. The summed E-state index contributed by atoms with van der Waals surface area (Å²) in [6.07, 6.45) is -11.4. The Bertz CT molecular complexity index is 335. The highest BCUT2D eigenvalue weighted by atomic mass is 16.7. The van der Waals surface area contributed by atoms with E-state index in [4.69, 9.17) is 24.8 Å².